The SMILES string of the molecule is CN1CCN(S(=O)(=O)c2cc([N+](=O)[O-])ccc2NCCBr)CC1. The second kappa shape index (κ2) is 7.56. The number of nitro groups is 1. The fourth-order valence-electron chi connectivity index (χ4n) is 2.33. The Balaban J connectivity index is 2.40. The topological polar surface area (TPSA) is 95.8 Å². The van der Waals surface area contributed by atoms with Gasteiger partial charge in [0.15, 0.2) is 0 Å². The van der Waals surface area contributed by atoms with Crippen LogP contribution in [0.2, 0.25) is 0 Å². The molecule has 0 atom stereocenters. The van der Waals surface area contributed by atoms with Crippen LogP contribution in [0.15, 0.2) is 23.1 Å². The number of alkyl halides is 1. The van der Waals surface area contributed by atoms with Crippen LogP contribution >= 0.6 is 15.9 Å². The molecule has 1 N–H and O–H groups in total. The molecule has 2 rings (SSSR count). The van der Waals surface area contributed by atoms with Crippen molar-refractivity contribution in [3.8, 4) is 0 Å². The third-order valence-electron chi connectivity index (χ3n) is 3.67. The number of halogens is 1. The van der Waals surface area contributed by atoms with Gasteiger partial charge in [0, 0.05) is 50.2 Å². The van der Waals surface area contributed by atoms with Gasteiger partial charge in [-0.2, -0.15) is 4.31 Å². The van der Waals surface area contributed by atoms with Crippen molar-refractivity contribution in [2.45, 2.75) is 4.90 Å². The van der Waals surface area contributed by atoms with Gasteiger partial charge < -0.3 is 10.2 Å². The molecule has 23 heavy (non-hydrogen) atoms. The Bertz CT molecular complexity index is 675. The van der Waals surface area contributed by atoms with Crippen LogP contribution in [-0.2, 0) is 10.0 Å². The zero-order valence-electron chi connectivity index (χ0n) is 12.7. The predicted molar refractivity (Wildman–Crippen MR) is 91.6 cm³/mol. The Morgan fingerprint density at radius 2 is 1.96 bits per heavy atom. The normalized spacial score (nSPS) is 17.1. The summed E-state index contributed by atoms with van der Waals surface area (Å²) in [4.78, 5) is 12.4. The maximum atomic E-state index is 12.9. The molecule has 1 fully saturated rings. The quantitative estimate of drug-likeness (QED) is 0.434. The lowest BCUT2D eigenvalue weighted by Gasteiger charge is -2.32. The summed E-state index contributed by atoms with van der Waals surface area (Å²) in [5.41, 5.74) is 0.149. The van der Waals surface area contributed by atoms with Gasteiger partial charge in [-0.05, 0) is 13.1 Å². The lowest BCUT2D eigenvalue weighted by atomic mass is 10.3. The number of nitrogens with zero attached hydrogens (tertiary/aromatic N) is 3. The molecule has 10 heteroatoms. The Morgan fingerprint density at radius 3 is 2.52 bits per heavy atom. The maximum Gasteiger partial charge on any atom is 0.270 e. The molecule has 1 aromatic rings. The Kier molecular flexibility index (Phi) is 5.95. The molecular weight excluding hydrogens is 388 g/mol. The molecule has 0 aromatic heterocycles. The average molecular weight is 407 g/mol. The van der Waals surface area contributed by atoms with Crippen molar-refractivity contribution in [1.82, 2.24) is 9.21 Å². The smallest absolute Gasteiger partial charge is 0.270 e. The number of benzene rings is 1. The zero-order valence-corrected chi connectivity index (χ0v) is 15.1. The second-order valence-electron chi connectivity index (χ2n) is 5.26. The molecule has 128 valence electrons. The summed E-state index contributed by atoms with van der Waals surface area (Å²) >= 11 is 3.27. The van der Waals surface area contributed by atoms with Crippen molar-refractivity contribution in [3.63, 3.8) is 0 Å². The van der Waals surface area contributed by atoms with Gasteiger partial charge in [-0.15, -0.1) is 0 Å². The van der Waals surface area contributed by atoms with Crippen LogP contribution in [0, 0.1) is 10.1 Å². The molecule has 0 spiro atoms. The predicted octanol–water partition coefficient (Wildman–Crippen LogP) is 1.34. The summed E-state index contributed by atoms with van der Waals surface area (Å²) < 4.78 is 27.2. The third-order valence-corrected chi connectivity index (χ3v) is 6.00. The van der Waals surface area contributed by atoms with E-state index < -0.39 is 14.9 Å². The van der Waals surface area contributed by atoms with E-state index in [9.17, 15) is 18.5 Å². The lowest BCUT2D eigenvalue weighted by molar-refractivity contribution is -0.385. The van der Waals surface area contributed by atoms with Gasteiger partial charge in [0.2, 0.25) is 10.0 Å². The molecule has 0 amide bonds. The average Bonchev–Trinajstić information content (AvgIpc) is 2.53. The number of hydrogen-bond acceptors (Lipinski definition) is 6. The third kappa shape index (κ3) is 4.19. The van der Waals surface area contributed by atoms with Crippen molar-refractivity contribution >= 4 is 37.3 Å². The minimum absolute atomic E-state index is 0.0443. The second-order valence-corrected chi connectivity index (χ2v) is 7.96. The zero-order chi connectivity index (χ0) is 17.0. The number of sulfonamides is 1. The van der Waals surface area contributed by atoms with Gasteiger partial charge in [-0.1, -0.05) is 15.9 Å². The van der Waals surface area contributed by atoms with Crippen molar-refractivity contribution in [2.75, 3.05) is 50.4 Å². The van der Waals surface area contributed by atoms with E-state index in [0.717, 1.165) is 6.07 Å². The van der Waals surface area contributed by atoms with Gasteiger partial charge in [0.25, 0.3) is 5.69 Å². The molecule has 0 radical (unpaired) electrons. The number of piperazine rings is 1. The Labute approximate surface area is 143 Å². The van der Waals surface area contributed by atoms with Crippen LogP contribution in [0.25, 0.3) is 0 Å². The fourth-order valence-corrected chi connectivity index (χ4v) is 4.14. The van der Waals surface area contributed by atoms with E-state index in [1.807, 2.05) is 11.9 Å². The number of hydrogen-bond donors (Lipinski definition) is 1. The van der Waals surface area contributed by atoms with E-state index in [2.05, 4.69) is 21.2 Å². The molecule has 0 unspecified atom stereocenters. The van der Waals surface area contributed by atoms with Crippen molar-refractivity contribution in [1.29, 1.82) is 0 Å². The summed E-state index contributed by atoms with van der Waals surface area (Å²) in [5.74, 6) is 0. The van der Waals surface area contributed by atoms with E-state index in [4.69, 9.17) is 0 Å². The van der Waals surface area contributed by atoms with Crippen LogP contribution < -0.4 is 5.32 Å². The summed E-state index contributed by atoms with van der Waals surface area (Å²) in [5, 5.41) is 14.6. The molecule has 1 aliphatic heterocycles. The fraction of sp³-hybridized carbons (Fsp3) is 0.538. The Morgan fingerprint density at radius 1 is 1.30 bits per heavy atom. The highest BCUT2D eigenvalue weighted by molar-refractivity contribution is 9.09. The molecule has 1 aliphatic rings. The molecule has 8 nitrogen and oxygen atoms in total. The van der Waals surface area contributed by atoms with Gasteiger partial charge in [-0.25, -0.2) is 8.42 Å². The largest absolute Gasteiger partial charge is 0.383 e. The monoisotopic (exact) mass is 406 g/mol. The van der Waals surface area contributed by atoms with Gasteiger partial charge >= 0.3 is 0 Å². The minimum Gasteiger partial charge on any atom is -0.383 e. The van der Waals surface area contributed by atoms with Crippen LogP contribution in [0.4, 0.5) is 11.4 Å². The summed E-state index contributed by atoms with van der Waals surface area (Å²) in [6.45, 7) is 2.54. The van der Waals surface area contributed by atoms with E-state index >= 15 is 0 Å². The highest BCUT2D eigenvalue weighted by Crippen LogP contribution is 2.29. The maximum absolute atomic E-state index is 12.9. The van der Waals surface area contributed by atoms with Crippen LogP contribution in [0.3, 0.4) is 0 Å². The summed E-state index contributed by atoms with van der Waals surface area (Å²) in [7, 11) is -1.85. The number of nitrogens with one attached hydrogen (secondary N) is 1. The van der Waals surface area contributed by atoms with Gasteiger partial charge in [-0.3, -0.25) is 10.1 Å². The molecule has 1 saturated heterocycles. The molecule has 0 saturated carbocycles. The van der Waals surface area contributed by atoms with Gasteiger partial charge in [0.05, 0.1) is 10.6 Å². The number of non-ortho nitro benzene ring substituents is 1. The van der Waals surface area contributed by atoms with E-state index in [-0.39, 0.29) is 10.6 Å². The molecule has 0 bridgehead atoms. The van der Waals surface area contributed by atoms with Crippen molar-refractivity contribution in [2.24, 2.45) is 0 Å². The molecule has 0 aliphatic carbocycles. The summed E-state index contributed by atoms with van der Waals surface area (Å²) in [6.07, 6.45) is 0. The van der Waals surface area contributed by atoms with E-state index in [1.165, 1.54) is 16.4 Å². The first-order valence-electron chi connectivity index (χ1n) is 7.13. The van der Waals surface area contributed by atoms with Crippen molar-refractivity contribution < 1.29 is 13.3 Å². The van der Waals surface area contributed by atoms with Crippen LogP contribution in [0.1, 0.15) is 0 Å². The first-order chi connectivity index (χ1) is 10.9. The first-order valence-corrected chi connectivity index (χ1v) is 9.69. The minimum atomic E-state index is -3.78. The summed E-state index contributed by atoms with van der Waals surface area (Å²) in [6, 6.07) is 3.88. The number of rotatable bonds is 6. The lowest BCUT2D eigenvalue weighted by Crippen LogP contribution is -2.47. The van der Waals surface area contributed by atoms with Crippen LogP contribution in [0.5, 0.6) is 0 Å². The number of anilines is 1. The first kappa shape index (κ1) is 18.1. The van der Waals surface area contributed by atoms with E-state index in [1.54, 1.807) is 0 Å². The van der Waals surface area contributed by atoms with E-state index in [0.29, 0.717) is 43.7 Å². The molecular formula is C13H19BrN4O4S. The highest BCUT2D eigenvalue weighted by atomic mass is 79.9. The standard InChI is InChI=1S/C13H19BrN4O4S/c1-16-6-8-17(9-7-16)23(21,22)13-10-11(18(19)20)2-3-12(13)15-5-4-14/h2-3,10,15H,4-9H2,1H3. The highest BCUT2D eigenvalue weighted by Gasteiger charge is 2.31. The molecule has 1 aromatic carbocycles. The number of nitro benzene ring substituents is 1. The number of likely N-dealkylation sites (N-methyl/N-ethyl adjacent to an activating group) is 1. The van der Waals surface area contributed by atoms with Crippen molar-refractivity contribution in [3.05, 3.63) is 28.3 Å². The van der Waals surface area contributed by atoms with Gasteiger partial charge in [0.1, 0.15) is 4.90 Å². The Hall–Kier alpha value is -1.23. The molecule has 1 heterocycles. The van der Waals surface area contributed by atoms with Crippen LogP contribution in [-0.4, -0.2) is 67.6 Å².